The molecule has 3 aromatic rings. The first kappa shape index (κ1) is 21.3. The van der Waals surface area contributed by atoms with Crippen LogP contribution < -0.4 is 14.4 Å². The SMILES string of the molecule is COc1ccc(OC)c2sc(N(CCN(C)C)C(=O)c3ccc(F)cc3Cl)nc12. The van der Waals surface area contributed by atoms with Gasteiger partial charge in [0.25, 0.3) is 5.91 Å². The zero-order chi connectivity index (χ0) is 21.1. The van der Waals surface area contributed by atoms with E-state index in [-0.39, 0.29) is 16.5 Å². The van der Waals surface area contributed by atoms with E-state index in [2.05, 4.69) is 4.98 Å². The maximum atomic E-state index is 13.4. The normalized spacial score (nSPS) is 11.1. The van der Waals surface area contributed by atoms with Gasteiger partial charge in [0.2, 0.25) is 0 Å². The molecular formula is C20H21ClFN3O3S. The number of aromatic nitrogens is 1. The Bertz CT molecular complexity index is 1000. The topological polar surface area (TPSA) is 54.9 Å². The van der Waals surface area contributed by atoms with Crippen molar-refractivity contribution in [1.82, 2.24) is 9.88 Å². The van der Waals surface area contributed by atoms with Crippen LogP contribution in [0.25, 0.3) is 10.2 Å². The van der Waals surface area contributed by atoms with Crippen molar-refractivity contribution < 1.29 is 18.7 Å². The first-order chi connectivity index (χ1) is 13.8. The van der Waals surface area contributed by atoms with Crippen LogP contribution >= 0.6 is 22.9 Å². The predicted octanol–water partition coefficient (Wildman–Crippen LogP) is 4.31. The lowest BCUT2D eigenvalue weighted by molar-refractivity contribution is 0.0985. The van der Waals surface area contributed by atoms with Gasteiger partial charge < -0.3 is 14.4 Å². The molecular weight excluding hydrogens is 417 g/mol. The molecule has 1 heterocycles. The Hall–Kier alpha value is -2.42. The number of ether oxygens (including phenoxy) is 2. The molecule has 1 amide bonds. The molecule has 1 aromatic heterocycles. The van der Waals surface area contributed by atoms with Gasteiger partial charge in [-0.2, -0.15) is 0 Å². The molecule has 0 saturated carbocycles. The molecule has 9 heteroatoms. The van der Waals surface area contributed by atoms with Gasteiger partial charge in [0.15, 0.2) is 5.13 Å². The van der Waals surface area contributed by atoms with Crippen LogP contribution in [0.1, 0.15) is 10.4 Å². The molecule has 154 valence electrons. The minimum atomic E-state index is -0.499. The maximum Gasteiger partial charge on any atom is 0.261 e. The smallest absolute Gasteiger partial charge is 0.261 e. The zero-order valence-electron chi connectivity index (χ0n) is 16.5. The van der Waals surface area contributed by atoms with Gasteiger partial charge in [0.05, 0.1) is 24.8 Å². The number of thiazole rings is 1. The molecule has 0 N–H and O–H groups in total. The van der Waals surface area contributed by atoms with E-state index < -0.39 is 5.82 Å². The Kier molecular flexibility index (Phi) is 6.56. The fourth-order valence-corrected chi connectivity index (χ4v) is 4.13. The molecule has 6 nitrogen and oxygen atoms in total. The quantitative estimate of drug-likeness (QED) is 0.551. The number of halogens is 2. The summed E-state index contributed by atoms with van der Waals surface area (Å²) >= 11 is 7.46. The number of carbonyl (C=O) groups excluding carboxylic acids is 1. The number of carbonyl (C=O) groups is 1. The third-order valence-electron chi connectivity index (χ3n) is 4.31. The van der Waals surface area contributed by atoms with Crippen molar-refractivity contribution in [1.29, 1.82) is 0 Å². The van der Waals surface area contributed by atoms with Crippen molar-refractivity contribution >= 4 is 44.2 Å². The number of benzene rings is 2. The van der Waals surface area contributed by atoms with E-state index in [9.17, 15) is 9.18 Å². The van der Waals surface area contributed by atoms with Crippen LogP contribution in [0.15, 0.2) is 30.3 Å². The van der Waals surface area contributed by atoms with Crippen molar-refractivity contribution in [3.63, 3.8) is 0 Å². The highest BCUT2D eigenvalue weighted by Crippen LogP contribution is 2.40. The second kappa shape index (κ2) is 8.94. The third-order valence-corrected chi connectivity index (χ3v) is 5.71. The maximum absolute atomic E-state index is 13.4. The number of likely N-dealkylation sites (N-methyl/N-ethyl adjacent to an activating group) is 1. The van der Waals surface area contributed by atoms with E-state index >= 15 is 0 Å². The monoisotopic (exact) mass is 437 g/mol. The summed E-state index contributed by atoms with van der Waals surface area (Å²) in [6.07, 6.45) is 0. The summed E-state index contributed by atoms with van der Waals surface area (Å²) in [4.78, 5) is 21.4. The number of fused-ring (bicyclic) bond motifs is 1. The molecule has 0 saturated heterocycles. The molecule has 0 radical (unpaired) electrons. The number of hydrogen-bond donors (Lipinski definition) is 0. The zero-order valence-corrected chi connectivity index (χ0v) is 18.1. The number of anilines is 1. The van der Waals surface area contributed by atoms with E-state index in [4.69, 9.17) is 21.1 Å². The first-order valence-electron chi connectivity index (χ1n) is 8.79. The molecule has 29 heavy (non-hydrogen) atoms. The second-order valence-corrected chi connectivity index (χ2v) is 7.91. The van der Waals surface area contributed by atoms with Crippen molar-refractivity contribution in [2.75, 3.05) is 46.3 Å². The van der Waals surface area contributed by atoms with Crippen LogP contribution in [0.3, 0.4) is 0 Å². The summed E-state index contributed by atoms with van der Waals surface area (Å²) in [5, 5.41) is 0.538. The lowest BCUT2D eigenvalue weighted by Gasteiger charge is -2.22. The van der Waals surface area contributed by atoms with Crippen LogP contribution in [0, 0.1) is 5.82 Å². The molecule has 0 aliphatic heterocycles. The molecule has 0 fully saturated rings. The van der Waals surface area contributed by atoms with Crippen molar-refractivity contribution in [2.24, 2.45) is 0 Å². The first-order valence-corrected chi connectivity index (χ1v) is 9.98. The van der Waals surface area contributed by atoms with Crippen LogP contribution in [-0.4, -0.2) is 57.2 Å². The summed E-state index contributed by atoms with van der Waals surface area (Å²) in [5.74, 6) is 0.377. The summed E-state index contributed by atoms with van der Waals surface area (Å²) in [5.41, 5.74) is 0.824. The summed E-state index contributed by atoms with van der Waals surface area (Å²) in [6, 6.07) is 7.30. The Morgan fingerprint density at radius 2 is 1.83 bits per heavy atom. The van der Waals surface area contributed by atoms with Crippen LogP contribution in [0.4, 0.5) is 9.52 Å². The van der Waals surface area contributed by atoms with E-state index in [0.29, 0.717) is 35.2 Å². The van der Waals surface area contributed by atoms with E-state index in [1.165, 1.54) is 23.5 Å². The average Bonchev–Trinajstić information content (AvgIpc) is 3.12. The van der Waals surface area contributed by atoms with Crippen LogP contribution in [0.5, 0.6) is 11.5 Å². The Labute approximate surface area is 177 Å². The van der Waals surface area contributed by atoms with Crippen molar-refractivity contribution in [2.45, 2.75) is 0 Å². The van der Waals surface area contributed by atoms with Crippen LogP contribution in [0.2, 0.25) is 5.02 Å². The fraction of sp³-hybridized carbons (Fsp3) is 0.300. The number of rotatable bonds is 7. The van der Waals surface area contributed by atoms with Gasteiger partial charge in [-0.15, -0.1) is 0 Å². The number of nitrogens with zero attached hydrogens (tertiary/aromatic N) is 3. The number of amides is 1. The van der Waals surface area contributed by atoms with Gasteiger partial charge in [0, 0.05) is 13.1 Å². The van der Waals surface area contributed by atoms with Gasteiger partial charge in [-0.1, -0.05) is 22.9 Å². The minimum absolute atomic E-state index is 0.0566. The fourth-order valence-electron chi connectivity index (χ4n) is 2.78. The van der Waals surface area contributed by atoms with Gasteiger partial charge in [-0.05, 0) is 44.4 Å². The molecule has 0 spiro atoms. The van der Waals surface area contributed by atoms with Crippen molar-refractivity contribution in [3.05, 3.63) is 46.7 Å². The molecule has 2 aromatic carbocycles. The van der Waals surface area contributed by atoms with E-state index in [1.807, 2.05) is 19.0 Å². The highest BCUT2D eigenvalue weighted by molar-refractivity contribution is 7.22. The minimum Gasteiger partial charge on any atom is -0.495 e. The third kappa shape index (κ3) is 4.44. The second-order valence-electron chi connectivity index (χ2n) is 6.53. The van der Waals surface area contributed by atoms with Gasteiger partial charge in [-0.25, -0.2) is 9.37 Å². The molecule has 0 aliphatic rings. The highest BCUT2D eigenvalue weighted by Gasteiger charge is 2.25. The average molecular weight is 438 g/mol. The predicted molar refractivity (Wildman–Crippen MR) is 114 cm³/mol. The summed E-state index contributed by atoms with van der Waals surface area (Å²) < 4.78 is 25.1. The highest BCUT2D eigenvalue weighted by atomic mass is 35.5. The van der Waals surface area contributed by atoms with E-state index in [1.54, 1.807) is 31.3 Å². The standard InChI is InChI=1S/C20H21ClFN3O3S/c1-24(2)9-10-25(19(26)13-6-5-12(22)11-14(13)21)20-23-17-15(27-3)7-8-16(28-4)18(17)29-20/h5-8,11H,9-10H2,1-4H3. The molecule has 3 rings (SSSR count). The summed E-state index contributed by atoms with van der Waals surface area (Å²) in [6.45, 7) is 0.985. The van der Waals surface area contributed by atoms with Gasteiger partial charge in [-0.3, -0.25) is 9.69 Å². The lowest BCUT2D eigenvalue weighted by Crippen LogP contribution is -2.36. The van der Waals surface area contributed by atoms with Gasteiger partial charge in [0.1, 0.15) is 27.5 Å². The molecule has 0 bridgehead atoms. The number of methoxy groups -OCH3 is 2. The Morgan fingerprint density at radius 1 is 1.14 bits per heavy atom. The molecule has 0 unspecified atom stereocenters. The summed E-state index contributed by atoms with van der Waals surface area (Å²) in [7, 11) is 6.97. The van der Waals surface area contributed by atoms with E-state index in [0.717, 1.165) is 10.8 Å². The molecule has 0 atom stereocenters. The lowest BCUT2D eigenvalue weighted by atomic mass is 10.2. The number of hydrogen-bond acceptors (Lipinski definition) is 6. The Morgan fingerprint density at radius 3 is 2.45 bits per heavy atom. The Balaban J connectivity index is 2.10. The van der Waals surface area contributed by atoms with Gasteiger partial charge >= 0.3 is 0 Å². The molecule has 0 aliphatic carbocycles. The largest absolute Gasteiger partial charge is 0.495 e. The van der Waals surface area contributed by atoms with Crippen molar-refractivity contribution in [3.8, 4) is 11.5 Å². The van der Waals surface area contributed by atoms with Crippen LogP contribution in [-0.2, 0) is 0 Å².